The maximum absolute atomic E-state index is 5.88. The van der Waals surface area contributed by atoms with Crippen molar-refractivity contribution in [3.05, 3.63) is 34.9 Å². The van der Waals surface area contributed by atoms with E-state index in [9.17, 15) is 0 Å². The highest BCUT2D eigenvalue weighted by Crippen LogP contribution is 2.27. The summed E-state index contributed by atoms with van der Waals surface area (Å²) in [5.74, 6) is 0.896. The van der Waals surface area contributed by atoms with Gasteiger partial charge in [0.2, 0.25) is 0 Å². The smallest absolute Gasteiger partial charge is 0.0406 e. The Morgan fingerprint density at radius 3 is 2.39 bits per heavy atom. The van der Waals surface area contributed by atoms with E-state index >= 15 is 0 Å². The molecule has 0 aliphatic carbocycles. The Labute approximate surface area is 120 Å². The van der Waals surface area contributed by atoms with Crippen LogP contribution < -0.4 is 17.7 Å². The minimum atomic E-state index is 0. The molecular formula is C14H19Cl2N2-. The normalized spacial score (nSPS) is 29.9. The van der Waals surface area contributed by atoms with Gasteiger partial charge in [-0.1, -0.05) is 23.7 Å². The number of piperidine rings is 3. The third-order valence-electron chi connectivity index (χ3n) is 4.14. The summed E-state index contributed by atoms with van der Waals surface area (Å²) in [6, 6.07) is 8.84. The Balaban J connectivity index is 0.00000120. The monoisotopic (exact) mass is 285 g/mol. The molecule has 0 saturated carbocycles. The minimum absolute atomic E-state index is 0. The summed E-state index contributed by atoms with van der Waals surface area (Å²) in [5, 5.41) is 4.52. The quantitative estimate of drug-likeness (QED) is 0.808. The van der Waals surface area contributed by atoms with E-state index in [0.29, 0.717) is 6.04 Å². The molecule has 1 aromatic carbocycles. The number of rotatable bonds is 3. The van der Waals surface area contributed by atoms with Crippen LogP contribution in [-0.4, -0.2) is 30.6 Å². The van der Waals surface area contributed by atoms with Gasteiger partial charge in [-0.05, 0) is 49.5 Å². The molecule has 3 aliphatic heterocycles. The summed E-state index contributed by atoms with van der Waals surface area (Å²) in [5.41, 5.74) is 1.32. The van der Waals surface area contributed by atoms with Crippen LogP contribution in [0.2, 0.25) is 5.02 Å². The second-order valence-corrected chi connectivity index (χ2v) is 5.69. The second kappa shape index (κ2) is 6.25. The van der Waals surface area contributed by atoms with Crippen LogP contribution >= 0.6 is 11.6 Å². The Bertz CT molecular complexity index is 372. The average Bonchev–Trinajstić information content (AvgIpc) is 2.39. The van der Waals surface area contributed by atoms with E-state index < -0.39 is 0 Å². The van der Waals surface area contributed by atoms with Crippen molar-refractivity contribution in [1.29, 1.82) is 0 Å². The predicted molar refractivity (Wildman–Crippen MR) is 71.2 cm³/mol. The Hall–Kier alpha value is -0.280. The summed E-state index contributed by atoms with van der Waals surface area (Å²) >= 11 is 5.88. The molecule has 2 nitrogen and oxygen atoms in total. The van der Waals surface area contributed by atoms with Crippen LogP contribution in [0, 0.1) is 5.92 Å². The molecule has 3 fully saturated rings. The predicted octanol–water partition coefficient (Wildman–Crippen LogP) is -0.472. The molecule has 2 bridgehead atoms. The Kier molecular flexibility index (Phi) is 4.91. The number of nitrogens with one attached hydrogen (secondary N) is 1. The highest BCUT2D eigenvalue weighted by atomic mass is 35.5. The van der Waals surface area contributed by atoms with Crippen LogP contribution in [0.3, 0.4) is 0 Å². The van der Waals surface area contributed by atoms with Gasteiger partial charge >= 0.3 is 0 Å². The number of halogens is 2. The van der Waals surface area contributed by atoms with E-state index in [1.54, 1.807) is 0 Å². The van der Waals surface area contributed by atoms with Gasteiger partial charge in [-0.25, -0.2) is 0 Å². The van der Waals surface area contributed by atoms with Crippen molar-refractivity contribution in [2.75, 3.05) is 19.6 Å². The number of fused-ring (bicyclic) bond motifs is 3. The summed E-state index contributed by atoms with van der Waals surface area (Å²) in [6.45, 7) is 4.82. The largest absolute Gasteiger partial charge is 1.00 e. The number of hydrogen-bond donors (Lipinski definition) is 1. The molecule has 4 heteroatoms. The van der Waals surface area contributed by atoms with Gasteiger partial charge in [-0.15, -0.1) is 0 Å². The number of nitrogens with zero attached hydrogens (tertiary/aromatic N) is 1. The third-order valence-corrected chi connectivity index (χ3v) is 4.39. The van der Waals surface area contributed by atoms with E-state index in [1.165, 1.54) is 38.0 Å². The fourth-order valence-corrected chi connectivity index (χ4v) is 3.17. The van der Waals surface area contributed by atoms with E-state index in [1.807, 2.05) is 12.1 Å². The lowest BCUT2D eigenvalue weighted by molar-refractivity contribution is -0.00000341. The van der Waals surface area contributed by atoms with E-state index in [2.05, 4.69) is 22.3 Å². The van der Waals surface area contributed by atoms with Crippen LogP contribution in [0.4, 0.5) is 0 Å². The first-order chi connectivity index (χ1) is 8.31. The maximum Gasteiger partial charge on any atom is 0.0406 e. The summed E-state index contributed by atoms with van der Waals surface area (Å²) in [7, 11) is 0. The van der Waals surface area contributed by atoms with Crippen LogP contribution in [0.1, 0.15) is 18.4 Å². The zero-order chi connectivity index (χ0) is 11.7. The Morgan fingerprint density at radius 2 is 1.83 bits per heavy atom. The SMILES string of the molecule is Clc1ccc(CNC2CN3CCC2CC3)cc1.[Cl-]. The molecule has 0 amide bonds. The Morgan fingerprint density at radius 1 is 1.17 bits per heavy atom. The molecule has 1 aromatic rings. The highest BCUT2D eigenvalue weighted by molar-refractivity contribution is 6.30. The van der Waals surface area contributed by atoms with Crippen molar-refractivity contribution in [1.82, 2.24) is 10.2 Å². The highest BCUT2D eigenvalue weighted by Gasteiger charge is 2.33. The topological polar surface area (TPSA) is 15.3 Å². The van der Waals surface area contributed by atoms with Crippen molar-refractivity contribution >= 4 is 11.6 Å². The lowest BCUT2D eigenvalue weighted by Gasteiger charge is -2.45. The lowest BCUT2D eigenvalue weighted by Crippen LogP contribution is -3.00. The van der Waals surface area contributed by atoms with Gasteiger partial charge < -0.3 is 22.6 Å². The van der Waals surface area contributed by atoms with Crippen LogP contribution in [0.25, 0.3) is 0 Å². The van der Waals surface area contributed by atoms with Crippen LogP contribution in [-0.2, 0) is 6.54 Å². The molecule has 1 atom stereocenters. The first kappa shape index (κ1) is 14.1. The van der Waals surface area contributed by atoms with Crippen LogP contribution in [0.15, 0.2) is 24.3 Å². The molecule has 4 rings (SSSR count). The van der Waals surface area contributed by atoms with Crippen molar-refractivity contribution in [2.24, 2.45) is 5.92 Å². The molecule has 3 aliphatic rings. The van der Waals surface area contributed by atoms with Gasteiger partial charge in [-0.2, -0.15) is 0 Å². The molecule has 3 heterocycles. The molecule has 18 heavy (non-hydrogen) atoms. The second-order valence-electron chi connectivity index (χ2n) is 5.25. The van der Waals surface area contributed by atoms with E-state index in [4.69, 9.17) is 11.6 Å². The van der Waals surface area contributed by atoms with Gasteiger partial charge in [0.15, 0.2) is 0 Å². The summed E-state index contributed by atoms with van der Waals surface area (Å²) in [4.78, 5) is 2.58. The van der Waals surface area contributed by atoms with Crippen molar-refractivity contribution in [2.45, 2.75) is 25.4 Å². The lowest BCUT2D eigenvalue weighted by atomic mass is 9.84. The molecular weight excluding hydrogens is 267 g/mol. The molecule has 1 unspecified atom stereocenters. The minimum Gasteiger partial charge on any atom is -1.00 e. The molecule has 3 saturated heterocycles. The van der Waals surface area contributed by atoms with Gasteiger partial charge in [0.25, 0.3) is 0 Å². The van der Waals surface area contributed by atoms with Crippen LogP contribution in [0.5, 0.6) is 0 Å². The van der Waals surface area contributed by atoms with Gasteiger partial charge in [0, 0.05) is 24.2 Å². The zero-order valence-corrected chi connectivity index (χ0v) is 11.9. The van der Waals surface area contributed by atoms with Crippen molar-refractivity contribution in [3.8, 4) is 0 Å². The van der Waals surface area contributed by atoms with Gasteiger partial charge in [0.1, 0.15) is 0 Å². The first-order valence-corrected chi connectivity index (χ1v) is 6.89. The number of benzene rings is 1. The molecule has 100 valence electrons. The first-order valence-electron chi connectivity index (χ1n) is 6.51. The summed E-state index contributed by atoms with van der Waals surface area (Å²) in [6.07, 6.45) is 2.75. The van der Waals surface area contributed by atoms with E-state index in [0.717, 1.165) is 17.5 Å². The molecule has 0 radical (unpaired) electrons. The fraction of sp³-hybridized carbons (Fsp3) is 0.571. The number of hydrogen-bond acceptors (Lipinski definition) is 2. The molecule has 0 aromatic heterocycles. The van der Waals surface area contributed by atoms with Gasteiger partial charge in [-0.3, -0.25) is 0 Å². The summed E-state index contributed by atoms with van der Waals surface area (Å²) < 4.78 is 0. The van der Waals surface area contributed by atoms with Crippen molar-refractivity contribution in [3.63, 3.8) is 0 Å². The fourth-order valence-electron chi connectivity index (χ4n) is 3.05. The standard InChI is InChI=1S/C14H19ClN2.ClH/c15-13-3-1-11(2-4-13)9-16-14-10-17-7-5-12(14)6-8-17;/h1-4,12,14,16H,5-10H2;1H/p-1. The van der Waals surface area contributed by atoms with Crippen molar-refractivity contribution < 1.29 is 12.4 Å². The maximum atomic E-state index is 5.88. The zero-order valence-electron chi connectivity index (χ0n) is 10.4. The van der Waals surface area contributed by atoms with Gasteiger partial charge in [0.05, 0.1) is 0 Å². The third kappa shape index (κ3) is 3.18. The molecule has 1 N–H and O–H groups in total. The van der Waals surface area contributed by atoms with E-state index in [-0.39, 0.29) is 12.4 Å². The average molecular weight is 286 g/mol. The molecule has 0 spiro atoms.